The Morgan fingerprint density at radius 3 is 2.91 bits per heavy atom. The monoisotopic (exact) mass is 325 g/mol. The van der Waals surface area contributed by atoms with E-state index < -0.39 is 24.4 Å². The van der Waals surface area contributed by atoms with Crippen LogP contribution in [0.15, 0.2) is 23.4 Å². The third-order valence-electron chi connectivity index (χ3n) is 4.18. The van der Waals surface area contributed by atoms with E-state index in [4.69, 9.17) is 9.47 Å². The number of hydrogen-bond acceptors (Lipinski definition) is 7. The van der Waals surface area contributed by atoms with E-state index in [1.54, 1.807) is 18.2 Å². The highest BCUT2D eigenvalue weighted by Crippen LogP contribution is 2.27. The predicted octanol–water partition coefficient (Wildman–Crippen LogP) is 1.37. The second-order valence-corrected chi connectivity index (χ2v) is 5.80. The normalized spacial score (nSPS) is 25.8. The number of aryl methyl sites for hydroxylation is 1. The fraction of sp³-hybridized carbons (Fsp3) is 0.625. The molecule has 1 heterocycles. The van der Waals surface area contributed by atoms with Gasteiger partial charge < -0.3 is 24.8 Å². The van der Waals surface area contributed by atoms with E-state index in [9.17, 15) is 20.2 Å². The van der Waals surface area contributed by atoms with Crippen LogP contribution in [0, 0.1) is 4.91 Å². The summed E-state index contributed by atoms with van der Waals surface area (Å²) in [5, 5.41) is 32.2. The van der Waals surface area contributed by atoms with Gasteiger partial charge in [0.05, 0.1) is 25.4 Å². The molecular formula is C16H23NO6. The van der Waals surface area contributed by atoms with Gasteiger partial charge in [-0.05, 0) is 37.0 Å². The number of hydrogen-bond donors (Lipinski definition) is 3. The van der Waals surface area contributed by atoms with E-state index in [0.717, 1.165) is 5.56 Å². The number of benzene rings is 1. The van der Waals surface area contributed by atoms with Gasteiger partial charge in [-0.2, -0.15) is 4.91 Å². The van der Waals surface area contributed by atoms with Crippen molar-refractivity contribution in [2.24, 2.45) is 5.18 Å². The number of aromatic hydroxyl groups is 1. The Morgan fingerprint density at radius 2 is 2.22 bits per heavy atom. The highest BCUT2D eigenvalue weighted by atomic mass is 16.5. The van der Waals surface area contributed by atoms with Gasteiger partial charge in [-0.3, -0.25) is 0 Å². The number of nitrogens with zero attached hydrogens (tertiary/aromatic N) is 1. The van der Waals surface area contributed by atoms with Crippen molar-refractivity contribution in [1.29, 1.82) is 0 Å². The van der Waals surface area contributed by atoms with Crippen LogP contribution in [-0.2, 0) is 11.2 Å². The van der Waals surface area contributed by atoms with Crippen LogP contribution >= 0.6 is 0 Å². The van der Waals surface area contributed by atoms with Gasteiger partial charge in [-0.1, -0.05) is 11.2 Å². The summed E-state index contributed by atoms with van der Waals surface area (Å²) in [7, 11) is 1.47. The number of aliphatic hydroxyl groups excluding tert-OH is 2. The molecule has 0 amide bonds. The molecule has 7 heteroatoms. The molecule has 3 N–H and O–H groups in total. The summed E-state index contributed by atoms with van der Waals surface area (Å²) in [6, 6.07) is 4.50. The maximum Gasteiger partial charge on any atom is 0.160 e. The van der Waals surface area contributed by atoms with Crippen LogP contribution in [0.2, 0.25) is 0 Å². The number of methoxy groups -OCH3 is 1. The van der Waals surface area contributed by atoms with Crippen molar-refractivity contribution < 1.29 is 24.8 Å². The molecule has 0 aliphatic carbocycles. The van der Waals surface area contributed by atoms with Gasteiger partial charge in [-0.25, -0.2) is 0 Å². The van der Waals surface area contributed by atoms with Crippen LogP contribution in [0.25, 0.3) is 0 Å². The SMILES string of the molecule is COc1cc(CCC(CC2OCCC(O)C2O)N=O)ccc1O. The van der Waals surface area contributed by atoms with Gasteiger partial charge in [0, 0.05) is 13.0 Å². The first-order valence-electron chi connectivity index (χ1n) is 7.71. The van der Waals surface area contributed by atoms with Gasteiger partial charge in [0.25, 0.3) is 0 Å². The molecule has 0 saturated carbocycles. The van der Waals surface area contributed by atoms with E-state index in [1.807, 2.05) is 0 Å². The van der Waals surface area contributed by atoms with Crippen LogP contribution in [0.3, 0.4) is 0 Å². The number of nitroso groups, excluding NO2 is 1. The van der Waals surface area contributed by atoms with Crippen molar-refractivity contribution in [3.05, 3.63) is 28.7 Å². The Kier molecular flexibility index (Phi) is 6.32. The molecule has 0 spiro atoms. The molecule has 2 rings (SSSR count). The molecule has 7 nitrogen and oxygen atoms in total. The standard InChI is InChI=1S/C16H23NO6/c1-22-14-8-10(3-5-12(14)18)2-4-11(17-21)9-15-16(20)13(19)6-7-23-15/h3,5,8,11,13,15-16,18-20H,2,4,6-7,9H2,1H3. The van der Waals surface area contributed by atoms with E-state index in [1.165, 1.54) is 7.11 Å². The third-order valence-corrected chi connectivity index (χ3v) is 4.18. The number of phenols is 1. The number of rotatable bonds is 7. The Bertz CT molecular complexity index is 523. The zero-order chi connectivity index (χ0) is 16.8. The van der Waals surface area contributed by atoms with Gasteiger partial charge in [-0.15, -0.1) is 0 Å². The molecule has 1 aromatic carbocycles. The Labute approximate surface area is 134 Å². The minimum Gasteiger partial charge on any atom is -0.504 e. The first kappa shape index (κ1) is 17.7. The average molecular weight is 325 g/mol. The second-order valence-electron chi connectivity index (χ2n) is 5.80. The zero-order valence-corrected chi connectivity index (χ0v) is 13.1. The maximum absolute atomic E-state index is 11.1. The average Bonchev–Trinajstić information content (AvgIpc) is 2.56. The molecule has 1 fully saturated rings. The summed E-state index contributed by atoms with van der Waals surface area (Å²) in [6.45, 7) is 0.365. The van der Waals surface area contributed by atoms with E-state index >= 15 is 0 Å². The lowest BCUT2D eigenvalue weighted by molar-refractivity contribution is -0.138. The van der Waals surface area contributed by atoms with Gasteiger partial charge in [0.1, 0.15) is 6.10 Å². The molecule has 0 radical (unpaired) electrons. The van der Waals surface area contributed by atoms with E-state index in [-0.39, 0.29) is 12.2 Å². The van der Waals surface area contributed by atoms with E-state index in [0.29, 0.717) is 31.6 Å². The first-order valence-corrected chi connectivity index (χ1v) is 7.71. The maximum atomic E-state index is 11.1. The highest BCUT2D eigenvalue weighted by Gasteiger charge is 2.33. The minimum absolute atomic E-state index is 0.0639. The molecule has 4 atom stereocenters. The van der Waals surface area contributed by atoms with Crippen molar-refractivity contribution in [1.82, 2.24) is 0 Å². The van der Waals surface area contributed by atoms with Crippen molar-refractivity contribution in [3.8, 4) is 11.5 Å². The fourth-order valence-electron chi connectivity index (χ4n) is 2.76. The van der Waals surface area contributed by atoms with E-state index in [2.05, 4.69) is 5.18 Å². The van der Waals surface area contributed by atoms with Gasteiger partial charge in [0.2, 0.25) is 0 Å². The summed E-state index contributed by atoms with van der Waals surface area (Å²) in [5.41, 5.74) is 0.915. The topological polar surface area (TPSA) is 109 Å². The lowest BCUT2D eigenvalue weighted by atomic mass is 9.94. The third kappa shape index (κ3) is 4.63. The molecule has 0 bridgehead atoms. The molecule has 1 aliphatic heterocycles. The van der Waals surface area contributed by atoms with Crippen LogP contribution in [-0.4, -0.2) is 53.4 Å². The van der Waals surface area contributed by atoms with Crippen LogP contribution in [0.5, 0.6) is 11.5 Å². The largest absolute Gasteiger partial charge is 0.504 e. The molecule has 23 heavy (non-hydrogen) atoms. The van der Waals surface area contributed by atoms with Gasteiger partial charge >= 0.3 is 0 Å². The molecule has 1 aliphatic rings. The van der Waals surface area contributed by atoms with Crippen molar-refractivity contribution in [2.45, 2.75) is 50.0 Å². The zero-order valence-electron chi connectivity index (χ0n) is 13.1. The van der Waals surface area contributed by atoms with Crippen LogP contribution in [0.1, 0.15) is 24.8 Å². The fourth-order valence-corrected chi connectivity index (χ4v) is 2.76. The lowest BCUT2D eigenvalue weighted by Gasteiger charge is -2.32. The summed E-state index contributed by atoms with van der Waals surface area (Å²) in [6.07, 6.45) is -0.639. The van der Waals surface area contributed by atoms with Crippen molar-refractivity contribution >= 4 is 0 Å². The highest BCUT2D eigenvalue weighted by molar-refractivity contribution is 5.41. The minimum atomic E-state index is -0.984. The smallest absolute Gasteiger partial charge is 0.160 e. The van der Waals surface area contributed by atoms with Crippen molar-refractivity contribution in [2.75, 3.05) is 13.7 Å². The summed E-state index contributed by atoms with van der Waals surface area (Å²) in [4.78, 5) is 11.1. The molecule has 4 unspecified atom stereocenters. The molecule has 128 valence electrons. The summed E-state index contributed by atoms with van der Waals surface area (Å²) in [5.74, 6) is 0.446. The number of phenolic OH excluding ortho intramolecular Hbond substituents is 1. The van der Waals surface area contributed by atoms with Crippen molar-refractivity contribution in [3.63, 3.8) is 0 Å². The second kappa shape index (κ2) is 8.24. The number of aliphatic hydroxyl groups is 2. The molecule has 1 aromatic rings. The summed E-state index contributed by atoms with van der Waals surface area (Å²) >= 11 is 0. The molecule has 1 saturated heterocycles. The first-order chi connectivity index (χ1) is 11.0. The van der Waals surface area contributed by atoms with Crippen LogP contribution < -0.4 is 4.74 Å². The Balaban J connectivity index is 1.91. The van der Waals surface area contributed by atoms with Gasteiger partial charge in [0.15, 0.2) is 11.5 Å². The number of ether oxygens (including phenoxy) is 2. The van der Waals surface area contributed by atoms with Crippen LogP contribution in [0.4, 0.5) is 0 Å². The Morgan fingerprint density at radius 1 is 1.43 bits per heavy atom. The predicted molar refractivity (Wildman–Crippen MR) is 83.6 cm³/mol. The lowest BCUT2D eigenvalue weighted by Crippen LogP contribution is -2.45. The molecule has 0 aromatic heterocycles. The quantitative estimate of drug-likeness (QED) is 0.653. The summed E-state index contributed by atoms with van der Waals surface area (Å²) < 4.78 is 10.5. The molecular weight excluding hydrogens is 302 g/mol. The Hall–Kier alpha value is -1.70.